The number of esters is 1. The number of nitrogens with zero attached hydrogens (tertiary/aromatic N) is 14. The van der Waals surface area contributed by atoms with Gasteiger partial charge in [-0.15, -0.1) is 20.4 Å². The van der Waals surface area contributed by atoms with Gasteiger partial charge in [-0.2, -0.15) is 44.3 Å². The zero-order valence-electron chi connectivity index (χ0n) is 48.5. The lowest BCUT2D eigenvalue weighted by Gasteiger charge is -2.07. The Labute approximate surface area is 565 Å². The van der Waals surface area contributed by atoms with Gasteiger partial charge in [0.2, 0.25) is 10.3 Å². The molecule has 0 aliphatic carbocycles. The Balaban J connectivity index is 0.000000222. The number of nitrogens with one attached hydrogen (secondary N) is 1. The summed E-state index contributed by atoms with van der Waals surface area (Å²) in [5.41, 5.74) is -0.334. The molecule has 0 amide bonds. The van der Waals surface area contributed by atoms with Crippen LogP contribution in [0, 0.1) is 6.92 Å². The predicted molar refractivity (Wildman–Crippen MR) is 334 cm³/mol. The van der Waals surface area contributed by atoms with Crippen LogP contribution in [0.2, 0.25) is 0 Å². The van der Waals surface area contributed by atoms with E-state index in [1.54, 1.807) is 73.8 Å². The molecular formula is C54H48Cl2F9N15O9S6. The number of benzene rings is 4. The molecule has 4 N–H and O–H groups in total. The number of halogens is 11. The molecule has 24 nitrogen and oxygen atoms in total. The first-order valence-corrected chi connectivity index (χ1v) is 33.5. The number of pyridine rings is 3. The van der Waals surface area contributed by atoms with Gasteiger partial charge in [-0.3, -0.25) is 19.3 Å². The summed E-state index contributed by atoms with van der Waals surface area (Å²) in [6, 6.07) is 31.1. The zero-order chi connectivity index (χ0) is 68.3. The van der Waals surface area contributed by atoms with Gasteiger partial charge in [-0.1, -0.05) is 70.3 Å². The number of ether oxygens (including phenoxy) is 1. The molecule has 0 aliphatic heterocycles. The van der Waals surface area contributed by atoms with E-state index in [-0.39, 0.29) is 77.1 Å². The number of carbonyl (C=O) groups is 3. The topological polar surface area (TPSA) is 302 Å². The average molecular weight is 1490 g/mol. The monoisotopic (exact) mass is 1480 g/mol. The lowest BCUT2D eigenvalue weighted by atomic mass is 10.2. The van der Waals surface area contributed by atoms with Crippen LogP contribution in [-0.4, -0.2) is 140 Å². The number of carbonyl (C=O) groups excluding carboxylic acids is 3. The van der Waals surface area contributed by atoms with Gasteiger partial charge in [0, 0.05) is 59.5 Å². The molecule has 0 fully saturated rings. The first kappa shape index (κ1) is 77.8. The van der Waals surface area contributed by atoms with Gasteiger partial charge in [0.1, 0.15) is 61.8 Å². The Hall–Kier alpha value is -7.89. The van der Waals surface area contributed by atoms with Crippen molar-refractivity contribution in [2.24, 2.45) is 0 Å². The SMILES string of the molecule is CC(=O)Cl.Cc1ccc2nnn(OC(=O)On3nnc4ccc(C(F)(F)F)cc43)c2c1.O=C(Cn1nnc2ccc(C(F)(F)F)cc21)OCCSSc1ccccn1.OCCSSc1cccc[nH+]1.OCCSSc1ccccn1.On1nnc2ccc(C(F)(F)F)cc21.[Cl-]. The molecule has 11 rings (SSSR count). The van der Waals surface area contributed by atoms with E-state index >= 15 is 0 Å². The minimum absolute atomic E-state index is 0. The molecule has 506 valence electrons. The number of alkyl halides is 9. The van der Waals surface area contributed by atoms with Crippen LogP contribution >= 0.6 is 76.4 Å². The van der Waals surface area contributed by atoms with Crippen LogP contribution in [0.1, 0.15) is 29.2 Å². The highest BCUT2D eigenvalue weighted by atomic mass is 35.5. The third-order valence-electron chi connectivity index (χ3n) is 10.7. The standard InChI is InChI=1S/C16H13F3N4O2S2.C15H9F3N6O3.C7H4F3N3O.2C7H9NOS2.C2H3ClO.ClH/c17-16(18,19)11-4-5-12-13(9-11)23(22-21-12)10-15(24)25-7-8-26-27-14-3-1-2-6-20-14;1-8-2-4-10-12(6-8)23(21-19-10)26-14(25)27-24-13-7-9(15(16,17)18)3-5-11(13)20-22-24;8-7(9,10)4-1-2-5-6(3-4)13(14)12-11-5;2*9-5-6-10-11-7-3-1-2-4-8-7;1-2(3)4;/h1-6,9H,7-8,10H2;2-7H,1H3;1-3,14H;2*1-4,9H,5-6H2;1H3;1H. The third-order valence-corrected chi connectivity index (χ3v) is 17.5. The Kier molecular flexibility index (Phi) is 31.6. The number of fused-ring (bicyclic) bond motifs is 4. The second-order valence-corrected chi connectivity index (χ2v) is 25.5. The highest BCUT2D eigenvalue weighted by Gasteiger charge is 2.33. The van der Waals surface area contributed by atoms with Crippen LogP contribution in [0.4, 0.5) is 44.3 Å². The normalized spacial score (nSPS) is 11.1. The molecule has 0 atom stereocenters. The van der Waals surface area contributed by atoms with Crippen molar-refractivity contribution < 1.29 is 101 Å². The smallest absolute Gasteiger partial charge is 0.562 e. The fraction of sp³-hybridized carbons (Fsp3) is 0.222. The molecule has 0 unspecified atom stereocenters. The fourth-order valence-electron chi connectivity index (χ4n) is 6.68. The van der Waals surface area contributed by atoms with E-state index in [0.29, 0.717) is 26.5 Å². The van der Waals surface area contributed by atoms with Gasteiger partial charge in [-0.05, 0) is 158 Å². The molecule has 4 aromatic carbocycles. The quantitative estimate of drug-likeness (QED) is 0.0146. The van der Waals surface area contributed by atoms with Crippen molar-refractivity contribution in [2.75, 3.05) is 37.1 Å². The number of hydrogen-bond acceptors (Lipinski definition) is 25. The van der Waals surface area contributed by atoms with Gasteiger partial charge in [0.25, 0.3) is 0 Å². The maximum Gasteiger partial charge on any atom is 0.562 e. The van der Waals surface area contributed by atoms with E-state index < -0.39 is 47.3 Å². The summed E-state index contributed by atoms with van der Waals surface area (Å²) in [6.45, 7) is 3.45. The fourth-order valence-corrected chi connectivity index (χ4v) is 11.7. The molecule has 0 radical (unpaired) electrons. The summed E-state index contributed by atoms with van der Waals surface area (Å²) >= 11 is 4.64. The summed E-state index contributed by atoms with van der Waals surface area (Å²) in [4.78, 5) is 55.9. The maximum absolute atomic E-state index is 12.8. The number of aliphatic hydroxyl groups excluding tert-OH is 2. The highest BCUT2D eigenvalue weighted by Crippen LogP contribution is 2.34. The van der Waals surface area contributed by atoms with E-state index in [2.05, 4.69) is 67.8 Å². The number of aromatic amines is 1. The highest BCUT2D eigenvalue weighted by molar-refractivity contribution is 8.77. The number of aryl methyl sites for hydroxylation is 1. The van der Waals surface area contributed by atoms with E-state index in [4.69, 9.17) is 29.8 Å². The minimum Gasteiger partial charge on any atom is -1.00 e. The van der Waals surface area contributed by atoms with Crippen LogP contribution < -0.4 is 27.1 Å². The molecule has 0 saturated carbocycles. The maximum atomic E-state index is 12.8. The third kappa shape index (κ3) is 26.3. The first-order valence-electron chi connectivity index (χ1n) is 26.2. The summed E-state index contributed by atoms with van der Waals surface area (Å²) in [6.07, 6.45) is -9.42. The summed E-state index contributed by atoms with van der Waals surface area (Å²) < 4.78 is 120. The number of hydrogen-bond donors (Lipinski definition) is 3. The van der Waals surface area contributed by atoms with Crippen LogP contribution in [0.25, 0.3) is 44.1 Å². The molecule has 11 aromatic rings. The van der Waals surface area contributed by atoms with Gasteiger partial charge >= 0.3 is 30.7 Å². The van der Waals surface area contributed by atoms with E-state index in [9.17, 15) is 53.9 Å². The van der Waals surface area contributed by atoms with Gasteiger partial charge in [-0.25, -0.2) is 19.6 Å². The van der Waals surface area contributed by atoms with Crippen molar-refractivity contribution in [3.8, 4) is 0 Å². The number of H-pyrrole nitrogens is 1. The van der Waals surface area contributed by atoms with Gasteiger partial charge < -0.3 is 32.6 Å². The van der Waals surface area contributed by atoms with Crippen LogP contribution in [-0.2, 0) is 39.4 Å². The first-order chi connectivity index (χ1) is 44.8. The number of aromatic nitrogens is 15. The minimum atomic E-state index is -4.57. The molecular weight excluding hydrogens is 1440 g/mol. The Bertz CT molecular complexity index is 4130. The largest absolute Gasteiger partial charge is 1.00 e. The molecule has 0 aliphatic rings. The van der Waals surface area contributed by atoms with Gasteiger partial charge in [0.15, 0.2) is 6.20 Å². The molecule has 41 heteroatoms. The zero-order valence-corrected chi connectivity index (χ0v) is 54.9. The van der Waals surface area contributed by atoms with Crippen molar-refractivity contribution >= 4 is 138 Å². The predicted octanol–water partition coefficient (Wildman–Crippen LogP) is 8.52. The van der Waals surface area contributed by atoms with Crippen molar-refractivity contribution in [1.29, 1.82) is 0 Å². The molecule has 95 heavy (non-hydrogen) atoms. The van der Waals surface area contributed by atoms with Crippen molar-refractivity contribution in [3.63, 3.8) is 0 Å². The summed E-state index contributed by atoms with van der Waals surface area (Å²) in [7, 11) is 9.43. The number of rotatable bonds is 17. The Morgan fingerprint density at radius 1 is 0.558 bits per heavy atom. The molecule has 0 spiro atoms. The lowest BCUT2D eigenvalue weighted by molar-refractivity contribution is -0.426. The van der Waals surface area contributed by atoms with Crippen molar-refractivity contribution in [3.05, 3.63) is 168 Å². The van der Waals surface area contributed by atoms with Crippen LogP contribution in [0.3, 0.4) is 0 Å². The molecule has 0 saturated heterocycles. The van der Waals surface area contributed by atoms with Crippen LogP contribution in [0.15, 0.2) is 161 Å². The van der Waals surface area contributed by atoms with E-state index in [0.717, 1.165) is 90.2 Å². The van der Waals surface area contributed by atoms with Gasteiger partial charge in [0.05, 0.1) is 35.4 Å². The average Bonchev–Trinajstić information content (AvgIpc) is 1.73. The van der Waals surface area contributed by atoms with Crippen molar-refractivity contribution in [2.45, 2.75) is 54.0 Å². The summed E-state index contributed by atoms with van der Waals surface area (Å²) in [5, 5.41) is 57.3. The van der Waals surface area contributed by atoms with E-state index in [1.165, 1.54) is 34.6 Å². The Morgan fingerprint density at radius 3 is 1.49 bits per heavy atom. The number of aliphatic hydroxyl groups is 2. The summed E-state index contributed by atoms with van der Waals surface area (Å²) in [5.74, 6) is 1.47. The molecule has 7 heterocycles. The Morgan fingerprint density at radius 2 is 1.00 bits per heavy atom. The second kappa shape index (κ2) is 38.6. The van der Waals surface area contributed by atoms with E-state index in [1.807, 2.05) is 67.7 Å². The molecule has 0 bridgehead atoms. The second-order valence-electron chi connectivity index (χ2n) is 17.6. The lowest BCUT2D eigenvalue weighted by Crippen LogP contribution is -3.00. The molecule has 7 aromatic heterocycles. The van der Waals surface area contributed by atoms with Crippen LogP contribution in [0.5, 0.6) is 0 Å². The van der Waals surface area contributed by atoms with Crippen molar-refractivity contribution in [1.82, 2.24) is 70.4 Å².